The van der Waals surface area contributed by atoms with Gasteiger partial charge in [0, 0.05) is 6.61 Å². The molecule has 0 radical (unpaired) electrons. The van der Waals surface area contributed by atoms with Crippen LogP contribution in [0.5, 0.6) is 0 Å². The molecule has 0 saturated heterocycles. The molecular weight excluding hydrogens is 229 g/mol. The van der Waals surface area contributed by atoms with E-state index >= 15 is 0 Å². The van der Waals surface area contributed by atoms with Crippen molar-refractivity contribution < 1.29 is 9.13 Å². The van der Waals surface area contributed by atoms with Gasteiger partial charge in [0.2, 0.25) is 0 Å². The summed E-state index contributed by atoms with van der Waals surface area (Å²) in [7, 11) is 0. The van der Waals surface area contributed by atoms with Crippen molar-refractivity contribution in [2.75, 3.05) is 13.2 Å². The fourth-order valence-electron chi connectivity index (χ4n) is 2.27. The molecule has 0 heterocycles. The van der Waals surface area contributed by atoms with Crippen molar-refractivity contribution in [3.8, 4) is 0 Å². The van der Waals surface area contributed by atoms with Crippen LogP contribution in [0.4, 0.5) is 4.39 Å². The maximum absolute atomic E-state index is 13.3. The van der Waals surface area contributed by atoms with Crippen molar-refractivity contribution in [1.82, 2.24) is 5.32 Å². The van der Waals surface area contributed by atoms with Gasteiger partial charge in [0.1, 0.15) is 5.82 Å². The topological polar surface area (TPSA) is 21.3 Å². The zero-order chi connectivity index (χ0) is 13.8. The first-order valence-corrected chi connectivity index (χ1v) is 6.55. The average Bonchev–Trinajstić information content (AvgIpc) is 2.29. The van der Waals surface area contributed by atoms with Crippen molar-refractivity contribution in [1.29, 1.82) is 0 Å². The predicted octanol–water partition coefficient (Wildman–Crippen LogP) is 3.60. The smallest absolute Gasteiger partial charge is 0.126 e. The van der Waals surface area contributed by atoms with Crippen LogP contribution in [0.1, 0.15) is 44.9 Å². The minimum atomic E-state index is -0.324. The molecule has 0 aliphatic carbocycles. The molecule has 1 atom stereocenters. The molecule has 0 fully saturated rings. The molecule has 2 nitrogen and oxygen atoms in total. The van der Waals surface area contributed by atoms with Crippen LogP contribution >= 0.6 is 0 Å². The number of likely N-dealkylation sites (N-methyl/N-ethyl adjacent to an activating group) is 1. The molecule has 1 N–H and O–H groups in total. The summed E-state index contributed by atoms with van der Waals surface area (Å²) in [6, 6.07) is 5.30. The number of rotatable bonds is 6. The Kier molecular flexibility index (Phi) is 5.29. The van der Waals surface area contributed by atoms with E-state index in [9.17, 15) is 4.39 Å². The Morgan fingerprint density at radius 3 is 2.50 bits per heavy atom. The molecule has 1 aromatic rings. The molecule has 3 heteroatoms. The Bertz CT molecular complexity index is 390. The van der Waals surface area contributed by atoms with Gasteiger partial charge in [0.05, 0.1) is 11.6 Å². The Morgan fingerprint density at radius 2 is 2.00 bits per heavy atom. The van der Waals surface area contributed by atoms with E-state index in [4.69, 9.17) is 4.74 Å². The Hall–Kier alpha value is -0.930. The molecule has 0 saturated carbocycles. The molecule has 18 heavy (non-hydrogen) atoms. The largest absolute Gasteiger partial charge is 0.374 e. The number of halogens is 1. The summed E-state index contributed by atoms with van der Waals surface area (Å²) >= 11 is 0. The third-order valence-electron chi connectivity index (χ3n) is 3.14. The summed E-state index contributed by atoms with van der Waals surface area (Å²) < 4.78 is 19.2. The third-order valence-corrected chi connectivity index (χ3v) is 3.14. The summed E-state index contributed by atoms with van der Waals surface area (Å²) in [4.78, 5) is 0. The van der Waals surface area contributed by atoms with Crippen LogP contribution in [0.15, 0.2) is 18.2 Å². The molecular formula is C15H24FNO. The van der Waals surface area contributed by atoms with Gasteiger partial charge in [-0.05, 0) is 51.4 Å². The van der Waals surface area contributed by atoms with Gasteiger partial charge in [-0.3, -0.25) is 0 Å². The molecule has 0 amide bonds. The lowest BCUT2D eigenvalue weighted by molar-refractivity contribution is -0.0388. The van der Waals surface area contributed by atoms with Crippen molar-refractivity contribution in [3.05, 3.63) is 35.1 Å². The first-order valence-electron chi connectivity index (χ1n) is 6.55. The first-order chi connectivity index (χ1) is 8.42. The predicted molar refractivity (Wildman–Crippen MR) is 73.3 cm³/mol. The maximum Gasteiger partial charge on any atom is 0.126 e. The summed E-state index contributed by atoms with van der Waals surface area (Å²) in [5.41, 5.74) is 1.41. The van der Waals surface area contributed by atoms with Crippen molar-refractivity contribution >= 4 is 0 Å². The minimum absolute atomic E-state index is 0.0572. The number of hydrogen-bond donors (Lipinski definition) is 1. The quantitative estimate of drug-likeness (QED) is 0.836. The molecule has 0 aliphatic rings. The monoisotopic (exact) mass is 253 g/mol. The SMILES string of the molecule is CCNC(c1ccc(F)c(C)c1)C(C)(C)OCC. The summed E-state index contributed by atoms with van der Waals surface area (Å²) in [6.45, 7) is 11.5. The number of hydrogen-bond acceptors (Lipinski definition) is 2. The Balaban J connectivity index is 3.07. The minimum Gasteiger partial charge on any atom is -0.374 e. The van der Waals surface area contributed by atoms with Crippen LogP contribution < -0.4 is 5.32 Å². The molecule has 0 aliphatic heterocycles. The molecule has 1 aromatic carbocycles. The molecule has 1 unspecified atom stereocenters. The highest BCUT2D eigenvalue weighted by molar-refractivity contribution is 5.28. The second-order valence-corrected chi connectivity index (χ2v) is 5.04. The van der Waals surface area contributed by atoms with Gasteiger partial charge in [-0.1, -0.05) is 19.1 Å². The van der Waals surface area contributed by atoms with Crippen molar-refractivity contribution in [3.63, 3.8) is 0 Å². The van der Waals surface area contributed by atoms with Gasteiger partial charge in [0.15, 0.2) is 0 Å². The van der Waals surface area contributed by atoms with E-state index in [1.165, 1.54) is 6.07 Å². The highest BCUT2D eigenvalue weighted by atomic mass is 19.1. The van der Waals surface area contributed by atoms with E-state index in [-0.39, 0.29) is 17.5 Å². The highest BCUT2D eigenvalue weighted by Gasteiger charge is 2.30. The zero-order valence-corrected chi connectivity index (χ0v) is 12.0. The van der Waals surface area contributed by atoms with E-state index in [1.54, 1.807) is 6.92 Å². The van der Waals surface area contributed by atoms with E-state index < -0.39 is 0 Å². The van der Waals surface area contributed by atoms with Crippen LogP contribution in [-0.4, -0.2) is 18.8 Å². The van der Waals surface area contributed by atoms with Crippen molar-refractivity contribution in [2.24, 2.45) is 0 Å². The third kappa shape index (κ3) is 3.53. The van der Waals surface area contributed by atoms with Gasteiger partial charge in [-0.15, -0.1) is 0 Å². The van der Waals surface area contributed by atoms with Gasteiger partial charge < -0.3 is 10.1 Å². The van der Waals surface area contributed by atoms with Gasteiger partial charge in [0.25, 0.3) is 0 Å². The van der Waals surface area contributed by atoms with Crippen LogP contribution in [0, 0.1) is 12.7 Å². The van der Waals surface area contributed by atoms with Crippen LogP contribution in [0.2, 0.25) is 0 Å². The summed E-state index contributed by atoms with van der Waals surface area (Å²) in [6.07, 6.45) is 0. The normalized spacial score (nSPS) is 13.7. The van der Waals surface area contributed by atoms with Gasteiger partial charge in [-0.2, -0.15) is 0 Å². The molecule has 0 aromatic heterocycles. The fourth-order valence-corrected chi connectivity index (χ4v) is 2.27. The molecule has 102 valence electrons. The molecule has 0 spiro atoms. The Labute approximate surface area is 110 Å². The van der Waals surface area contributed by atoms with Gasteiger partial charge >= 0.3 is 0 Å². The van der Waals surface area contributed by atoms with Crippen LogP contribution in [0.3, 0.4) is 0 Å². The summed E-state index contributed by atoms with van der Waals surface area (Å²) in [5.74, 6) is -0.164. The number of nitrogens with one attached hydrogen (secondary N) is 1. The first kappa shape index (κ1) is 15.1. The maximum atomic E-state index is 13.3. The van der Waals surface area contributed by atoms with Gasteiger partial charge in [-0.25, -0.2) is 4.39 Å². The standard InChI is InChI=1S/C15H24FNO/c1-6-17-14(15(4,5)18-7-2)12-8-9-13(16)11(3)10-12/h8-10,14,17H,6-7H2,1-5H3. The molecule has 1 rings (SSSR count). The zero-order valence-electron chi connectivity index (χ0n) is 12.0. The van der Waals surface area contributed by atoms with E-state index in [0.717, 1.165) is 12.1 Å². The average molecular weight is 253 g/mol. The number of ether oxygens (including phenoxy) is 1. The van der Waals surface area contributed by atoms with Crippen molar-refractivity contribution in [2.45, 2.75) is 46.3 Å². The lowest BCUT2D eigenvalue weighted by atomic mass is 9.90. The molecule has 0 bridgehead atoms. The van der Waals surface area contributed by atoms with E-state index in [0.29, 0.717) is 12.2 Å². The van der Waals surface area contributed by atoms with E-state index in [2.05, 4.69) is 26.1 Å². The Morgan fingerprint density at radius 1 is 1.33 bits per heavy atom. The summed E-state index contributed by atoms with van der Waals surface area (Å²) in [5, 5.41) is 3.42. The second kappa shape index (κ2) is 6.30. The second-order valence-electron chi connectivity index (χ2n) is 5.04. The highest BCUT2D eigenvalue weighted by Crippen LogP contribution is 2.29. The number of benzene rings is 1. The lowest BCUT2D eigenvalue weighted by Crippen LogP contribution is -2.41. The lowest BCUT2D eigenvalue weighted by Gasteiger charge is -2.35. The fraction of sp³-hybridized carbons (Fsp3) is 0.600. The van der Waals surface area contributed by atoms with E-state index in [1.807, 2.05) is 19.1 Å². The number of aryl methyl sites for hydroxylation is 1. The van der Waals surface area contributed by atoms with Crippen LogP contribution in [-0.2, 0) is 4.74 Å². The van der Waals surface area contributed by atoms with Crippen LogP contribution in [0.25, 0.3) is 0 Å².